The molecule has 0 aliphatic carbocycles. The highest BCUT2D eigenvalue weighted by Crippen LogP contribution is 2.30. The maximum atomic E-state index is 14.2. The summed E-state index contributed by atoms with van der Waals surface area (Å²) < 4.78 is 16.0. The van der Waals surface area contributed by atoms with E-state index >= 15 is 0 Å². The molecule has 1 aliphatic heterocycles. The summed E-state index contributed by atoms with van der Waals surface area (Å²) in [5.74, 6) is 0.0491. The molecule has 1 unspecified atom stereocenters. The second-order valence-corrected chi connectivity index (χ2v) is 8.61. The lowest BCUT2D eigenvalue weighted by Gasteiger charge is -2.23. The Morgan fingerprint density at radius 1 is 1.13 bits per heavy atom. The summed E-state index contributed by atoms with van der Waals surface area (Å²) in [4.78, 5) is 23.4. The van der Waals surface area contributed by atoms with Gasteiger partial charge in [0, 0.05) is 45.9 Å². The van der Waals surface area contributed by atoms with Crippen LogP contribution in [0, 0.1) is 5.82 Å². The van der Waals surface area contributed by atoms with Gasteiger partial charge in [-0.05, 0) is 36.4 Å². The van der Waals surface area contributed by atoms with Crippen LogP contribution in [0.3, 0.4) is 0 Å². The molecule has 0 radical (unpaired) electrons. The van der Waals surface area contributed by atoms with Gasteiger partial charge in [0.05, 0.1) is 0 Å². The Bertz CT molecular complexity index is 1100. The molecule has 31 heavy (non-hydrogen) atoms. The van der Waals surface area contributed by atoms with Crippen molar-refractivity contribution in [3.05, 3.63) is 69.7 Å². The van der Waals surface area contributed by atoms with Crippen LogP contribution in [-0.2, 0) is 17.0 Å². The van der Waals surface area contributed by atoms with Gasteiger partial charge in [-0.2, -0.15) is 0 Å². The second-order valence-electron chi connectivity index (χ2n) is 6.83. The van der Waals surface area contributed by atoms with E-state index in [1.807, 2.05) is 12.1 Å². The third-order valence-corrected chi connectivity index (χ3v) is 6.20. The standard InChI is InChI=1S/C20H16Cl2FN5O2S/c21-11-4-6-13(7-5-11)28-17(8-12-9-18(29)25-19(30)24-12)26-27-20(28)31-10-14-15(22)2-1-3-16(14)23/h1-7,12H,8-10H2,(H2,24,25,29,30). The molecule has 1 saturated heterocycles. The first-order valence-corrected chi connectivity index (χ1v) is 11.0. The van der Waals surface area contributed by atoms with Gasteiger partial charge in [-0.25, -0.2) is 9.18 Å². The second kappa shape index (κ2) is 9.25. The fourth-order valence-corrected chi connectivity index (χ4v) is 4.64. The first kappa shape index (κ1) is 21.6. The topological polar surface area (TPSA) is 88.9 Å². The van der Waals surface area contributed by atoms with Crippen LogP contribution < -0.4 is 10.6 Å². The van der Waals surface area contributed by atoms with Gasteiger partial charge >= 0.3 is 6.03 Å². The van der Waals surface area contributed by atoms with Gasteiger partial charge in [0.15, 0.2) is 5.16 Å². The zero-order valence-electron chi connectivity index (χ0n) is 15.9. The number of nitrogens with zero attached hydrogens (tertiary/aromatic N) is 3. The molecule has 160 valence electrons. The van der Waals surface area contributed by atoms with E-state index in [0.29, 0.717) is 26.6 Å². The van der Waals surface area contributed by atoms with Gasteiger partial charge < -0.3 is 5.32 Å². The number of urea groups is 1. The molecule has 0 bridgehead atoms. The molecule has 2 aromatic carbocycles. The lowest BCUT2D eigenvalue weighted by molar-refractivity contribution is -0.121. The van der Waals surface area contributed by atoms with E-state index in [1.54, 1.807) is 28.8 Å². The van der Waals surface area contributed by atoms with Crippen molar-refractivity contribution in [1.82, 2.24) is 25.4 Å². The summed E-state index contributed by atoms with van der Waals surface area (Å²) in [6, 6.07) is 10.7. The number of benzene rings is 2. The molecule has 2 heterocycles. The number of imide groups is 1. The van der Waals surface area contributed by atoms with E-state index in [4.69, 9.17) is 23.2 Å². The van der Waals surface area contributed by atoms with Crippen molar-refractivity contribution < 1.29 is 14.0 Å². The van der Waals surface area contributed by atoms with E-state index in [1.165, 1.54) is 17.8 Å². The Morgan fingerprint density at radius 2 is 1.90 bits per heavy atom. The minimum Gasteiger partial charge on any atom is -0.334 e. The quantitative estimate of drug-likeness (QED) is 0.518. The molecule has 3 aromatic rings. The predicted molar refractivity (Wildman–Crippen MR) is 116 cm³/mol. The number of halogens is 3. The molecule has 2 N–H and O–H groups in total. The summed E-state index contributed by atoms with van der Waals surface area (Å²) in [5.41, 5.74) is 1.12. The normalized spacial score (nSPS) is 16.2. The van der Waals surface area contributed by atoms with Crippen LogP contribution in [0.1, 0.15) is 17.8 Å². The van der Waals surface area contributed by atoms with Crippen LogP contribution in [-0.4, -0.2) is 32.7 Å². The Balaban J connectivity index is 1.64. The number of carbonyl (C=O) groups excluding carboxylic acids is 2. The van der Waals surface area contributed by atoms with Crippen molar-refractivity contribution in [2.45, 2.75) is 29.8 Å². The molecule has 1 aliphatic rings. The zero-order chi connectivity index (χ0) is 22.0. The molecular formula is C20H16Cl2FN5O2S. The van der Waals surface area contributed by atoms with E-state index in [0.717, 1.165) is 5.69 Å². The van der Waals surface area contributed by atoms with Crippen LogP contribution in [0.4, 0.5) is 9.18 Å². The van der Waals surface area contributed by atoms with E-state index < -0.39 is 17.9 Å². The summed E-state index contributed by atoms with van der Waals surface area (Å²) in [6.45, 7) is 0. The summed E-state index contributed by atoms with van der Waals surface area (Å²) in [6.07, 6.45) is 0.419. The lowest BCUT2D eigenvalue weighted by atomic mass is 10.1. The van der Waals surface area contributed by atoms with Gasteiger partial charge in [-0.15, -0.1) is 10.2 Å². The molecule has 1 aromatic heterocycles. The van der Waals surface area contributed by atoms with Crippen molar-refractivity contribution in [3.63, 3.8) is 0 Å². The Hall–Kier alpha value is -2.62. The van der Waals surface area contributed by atoms with Crippen LogP contribution in [0.15, 0.2) is 47.6 Å². The van der Waals surface area contributed by atoms with Crippen molar-refractivity contribution in [2.24, 2.45) is 0 Å². The van der Waals surface area contributed by atoms with Crippen LogP contribution in [0.5, 0.6) is 0 Å². The minimum atomic E-state index is -0.539. The van der Waals surface area contributed by atoms with Gasteiger partial charge in [0.25, 0.3) is 0 Å². The molecule has 0 spiro atoms. The summed E-state index contributed by atoms with van der Waals surface area (Å²) in [7, 11) is 0. The fourth-order valence-electron chi connectivity index (χ4n) is 3.20. The zero-order valence-corrected chi connectivity index (χ0v) is 18.3. The fraction of sp³-hybridized carbons (Fsp3) is 0.200. The van der Waals surface area contributed by atoms with Gasteiger partial charge in [0.2, 0.25) is 5.91 Å². The number of nitrogens with one attached hydrogen (secondary N) is 2. The highest BCUT2D eigenvalue weighted by Gasteiger charge is 2.27. The summed E-state index contributed by atoms with van der Waals surface area (Å²) in [5, 5.41) is 14.9. The summed E-state index contributed by atoms with van der Waals surface area (Å²) >= 11 is 13.4. The van der Waals surface area contributed by atoms with Crippen molar-refractivity contribution in [2.75, 3.05) is 0 Å². The highest BCUT2D eigenvalue weighted by molar-refractivity contribution is 7.98. The Kier molecular flexibility index (Phi) is 6.45. The number of rotatable bonds is 6. The maximum Gasteiger partial charge on any atom is 0.321 e. The van der Waals surface area contributed by atoms with Gasteiger partial charge in [0.1, 0.15) is 11.6 Å². The van der Waals surface area contributed by atoms with Crippen LogP contribution >= 0.6 is 35.0 Å². The van der Waals surface area contributed by atoms with E-state index in [2.05, 4.69) is 20.8 Å². The maximum absolute atomic E-state index is 14.2. The molecule has 4 rings (SSSR count). The first-order chi connectivity index (χ1) is 14.9. The minimum absolute atomic E-state index is 0.131. The average molecular weight is 480 g/mol. The van der Waals surface area contributed by atoms with Crippen LogP contribution in [0.25, 0.3) is 5.69 Å². The number of thioether (sulfide) groups is 1. The molecule has 3 amide bonds. The monoisotopic (exact) mass is 479 g/mol. The van der Waals surface area contributed by atoms with E-state index in [9.17, 15) is 14.0 Å². The molecule has 0 saturated carbocycles. The third-order valence-electron chi connectivity index (χ3n) is 4.64. The van der Waals surface area contributed by atoms with Gasteiger partial charge in [-0.1, -0.05) is 41.0 Å². The molecular weight excluding hydrogens is 464 g/mol. The van der Waals surface area contributed by atoms with Crippen molar-refractivity contribution >= 4 is 46.9 Å². The number of hydrogen-bond donors (Lipinski definition) is 2. The molecule has 1 fully saturated rings. The third kappa shape index (κ3) is 5.00. The van der Waals surface area contributed by atoms with E-state index in [-0.39, 0.29) is 24.5 Å². The van der Waals surface area contributed by atoms with Crippen molar-refractivity contribution in [1.29, 1.82) is 0 Å². The SMILES string of the molecule is O=C1CC(Cc2nnc(SCc3c(F)cccc3Cl)n2-c2ccc(Cl)cc2)NC(=O)N1. The number of carbonyl (C=O) groups is 2. The predicted octanol–water partition coefficient (Wildman–Crippen LogP) is 4.15. The van der Waals surface area contributed by atoms with Crippen LogP contribution in [0.2, 0.25) is 10.0 Å². The Morgan fingerprint density at radius 3 is 2.61 bits per heavy atom. The number of amides is 3. The average Bonchev–Trinajstić information content (AvgIpc) is 3.10. The first-order valence-electron chi connectivity index (χ1n) is 9.27. The van der Waals surface area contributed by atoms with Crippen molar-refractivity contribution in [3.8, 4) is 5.69 Å². The lowest BCUT2D eigenvalue weighted by Crippen LogP contribution is -2.53. The molecule has 1 atom stereocenters. The molecule has 7 nitrogen and oxygen atoms in total. The number of hydrogen-bond acceptors (Lipinski definition) is 5. The smallest absolute Gasteiger partial charge is 0.321 e. The highest BCUT2D eigenvalue weighted by atomic mass is 35.5. The Labute approximate surface area is 191 Å². The molecule has 11 heteroatoms. The number of aromatic nitrogens is 3. The largest absolute Gasteiger partial charge is 0.334 e. The van der Waals surface area contributed by atoms with Gasteiger partial charge in [-0.3, -0.25) is 14.7 Å².